The van der Waals surface area contributed by atoms with Crippen molar-refractivity contribution in [3.63, 3.8) is 0 Å². The van der Waals surface area contributed by atoms with Gasteiger partial charge < -0.3 is 9.84 Å². The van der Waals surface area contributed by atoms with Gasteiger partial charge in [-0.25, -0.2) is 13.6 Å². The number of rotatable bonds is 2. The highest BCUT2D eigenvalue weighted by Gasteiger charge is 2.23. The second-order valence-electron chi connectivity index (χ2n) is 4.69. The maximum atomic E-state index is 14.1. The molecule has 0 fully saturated rings. The molecular formula is C16H9ClF2O3. The maximum absolute atomic E-state index is 14.1. The van der Waals surface area contributed by atoms with Crippen LogP contribution >= 0.6 is 11.6 Å². The van der Waals surface area contributed by atoms with Gasteiger partial charge >= 0.3 is 5.97 Å². The third-order valence-electron chi connectivity index (χ3n) is 3.32. The van der Waals surface area contributed by atoms with Crippen LogP contribution in [0.2, 0.25) is 5.02 Å². The minimum absolute atomic E-state index is 0.00456. The molecule has 3 nitrogen and oxygen atoms in total. The van der Waals surface area contributed by atoms with Crippen LogP contribution < -0.4 is 4.74 Å². The molecule has 0 saturated heterocycles. The Balaban J connectivity index is 2.21. The van der Waals surface area contributed by atoms with Gasteiger partial charge in [-0.1, -0.05) is 11.6 Å². The molecular weight excluding hydrogens is 314 g/mol. The van der Waals surface area contributed by atoms with E-state index in [1.165, 1.54) is 24.3 Å². The molecule has 0 spiro atoms. The monoisotopic (exact) mass is 322 g/mol. The minimum Gasteiger partial charge on any atom is -0.489 e. The summed E-state index contributed by atoms with van der Waals surface area (Å²) >= 11 is 5.63. The summed E-state index contributed by atoms with van der Waals surface area (Å²) in [7, 11) is 0. The van der Waals surface area contributed by atoms with Gasteiger partial charge in [0.2, 0.25) is 0 Å². The highest BCUT2D eigenvalue weighted by atomic mass is 35.5. The Morgan fingerprint density at radius 3 is 2.50 bits per heavy atom. The van der Waals surface area contributed by atoms with Crippen molar-refractivity contribution in [2.45, 2.75) is 0 Å². The number of ether oxygens (including phenoxy) is 1. The van der Waals surface area contributed by atoms with Crippen LogP contribution in [0.3, 0.4) is 0 Å². The van der Waals surface area contributed by atoms with Crippen molar-refractivity contribution >= 4 is 23.1 Å². The number of carboxylic acids is 1. The lowest BCUT2D eigenvalue weighted by Gasteiger charge is -2.20. The predicted molar refractivity (Wildman–Crippen MR) is 77.3 cm³/mol. The van der Waals surface area contributed by atoms with E-state index < -0.39 is 17.6 Å². The number of benzene rings is 2. The van der Waals surface area contributed by atoms with Gasteiger partial charge in [-0.15, -0.1) is 0 Å². The molecule has 0 atom stereocenters. The molecule has 0 saturated carbocycles. The third kappa shape index (κ3) is 2.44. The normalized spacial score (nSPS) is 13.1. The first-order valence-electron chi connectivity index (χ1n) is 6.33. The number of hydrogen-bond donors (Lipinski definition) is 1. The van der Waals surface area contributed by atoms with Crippen molar-refractivity contribution in [1.29, 1.82) is 0 Å². The molecule has 0 bridgehead atoms. The predicted octanol–water partition coefficient (Wildman–Crippen LogP) is 4.14. The summed E-state index contributed by atoms with van der Waals surface area (Å²) in [6.07, 6.45) is 1.50. The highest BCUT2D eigenvalue weighted by Crippen LogP contribution is 2.37. The number of aromatic carboxylic acids is 1. The van der Waals surface area contributed by atoms with Crippen molar-refractivity contribution < 1.29 is 23.4 Å². The van der Waals surface area contributed by atoms with Crippen LogP contribution in [0.15, 0.2) is 36.4 Å². The van der Waals surface area contributed by atoms with Gasteiger partial charge in [-0.05, 0) is 42.0 Å². The molecule has 0 radical (unpaired) electrons. The first kappa shape index (κ1) is 14.5. The zero-order valence-corrected chi connectivity index (χ0v) is 11.8. The van der Waals surface area contributed by atoms with Crippen LogP contribution in [0.1, 0.15) is 21.5 Å². The van der Waals surface area contributed by atoms with Crippen LogP contribution in [0, 0.1) is 11.6 Å². The number of halogens is 3. The average Bonchev–Trinajstić information content (AvgIpc) is 2.45. The Bertz CT molecular complexity index is 792. The Morgan fingerprint density at radius 2 is 1.86 bits per heavy atom. The SMILES string of the molecule is O=C(O)c1ccc2c(c1)C(c1c(F)cc(Cl)cc1F)=CCO2. The minimum atomic E-state index is -1.13. The standard InChI is InChI=1S/C16H9ClF2O3/c17-9-6-12(18)15(13(19)7-9)10-3-4-22-14-2-1-8(16(20)21)5-11(10)14/h1-3,5-7H,4H2,(H,20,21). The topological polar surface area (TPSA) is 46.5 Å². The van der Waals surface area contributed by atoms with Crippen LogP contribution in [0.4, 0.5) is 8.78 Å². The summed E-state index contributed by atoms with van der Waals surface area (Å²) in [6.45, 7) is 0.135. The summed E-state index contributed by atoms with van der Waals surface area (Å²) in [4.78, 5) is 11.1. The lowest BCUT2D eigenvalue weighted by molar-refractivity contribution is 0.0697. The molecule has 0 aliphatic carbocycles. The van der Waals surface area contributed by atoms with Crippen molar-refractivity contribution in [3.8, 4) is 5.75 Å². The van der Waals surface area contributed by atoms with E-state index in [2.05, 4.69) is 0 Å². The van der Waals surface area contributed by atoms with Gasteiger partial charge in [0.25, 0.3) is 0 Å². The van der Waals surface area contributed by atoms with Gasteiger partial charge in [0, 0.05) is 10.6 Å². The molecule has 112 valence electrons. The summed E-state index contributed by atoms with van der Waals surface area (Å²) in [5.41, 5.74) is 0.323. The van der Waals surface area contributed by atoms with Crippen LogP contribution in [0.5, 0.6) is 5.75 Å². The van der Waals surface area contributed by atoms with Crippen LogP contribution in [-0.4, -0.2) is 17.7 Å². The summed E-state index contributed by atoms with van der Waals surface area (Å²) in [5.74, 6) is -2.39. The van der Waals surface area contributed by atoms with E-state index in [0.717, 1.165) is 12.1 Å². The van der Waals surface area contributed by atoms with Crippen LogP contribution in [0.25, 0.3) is 5.57 Å². The van der Waals surface area contributed by atoms with E-state index in [0.29, 0.717) is 11.3 Å². The fourth-order valence-corrected chi connectivity index (χ4v) is 2.55. The number of hydrogen-bond acceptors (Lipinski definition) is 2. The molecule has 0 unspecified atom stereocenters. The molecule has 2 aromatic rings. The van der Waals surface area contributed by atoms with E-state index in [1.807, 2.05) is 0 Å². The second kappa shape index (κ2) is 5.42. The molecule has 1 aliphatic heterocycles. The lowest BCUT2D eigenvalue weighted by Crippen LogP contribution is -2.09. The van der Waals surface area contributed by atoms with Gasteiger partial charge in [-0.3, -0.25) is 0 Å². The average molecular weight is 323 g/mol. The molecule has 6 heteroatoms. The molecule has 0 aromatic heterocycles. The largest absolute Gasteiger partial charge is 0.489 e. The van der Waals surface area contributed by atoms with E-state index >= 15 is 0 Å². The molecule has 22 heavy (non-hydrogen) atoms. The van der Waals surface area contributed by atoms with Gasteiger partial charge in [-0.2, -0.15) is 0 Å². The zero-order chi connectivity index (χ0) is 15.9. The molecule has 3 rings (SSSR count). The molecule has 1 N–H and O–H groups in total. The van der Waals surface area contributed by atoms with Crippen molar-refractivity contribution in [2.24, 2.45) is 0 Å². The first-order valence-corrected chi connectivity index (χ1v) is 6.71. The van der Waals surface area contributed by atoms with Crippen molar-refractivity contribution in [3.05, 3.63) is 69.8 Å². The smallest absolute Gasteiger partial charge is 0.335 e. The lowest BCUT2D eigenvalue weighted by atomic mass is 9.93. The third-order valence-corrected chi connectivity index (χ3v) is 3.54. The molecule has 2 aromatic carbocycles. The second-order valence-corrected chi connectivity index (χ2v) is 5.13. The molecule has 1 aliphatic rings. The summed E-state index contributed by atoms with van der Waals surface area (Å²) in [5, 5.41) is 9.01. The number of carbonyl (C=O) groups is 1. The van der Waals surface area contributed by atoms with Gasteiger partial charge in [0.05, 0.1) is 11.1 Å². The number of carboxylic acid groups (broad SMARTS) is 1. The fourth-order valence-electron chi connectivity index (χ4n) is 2.36. The Hall–Kier alpha value is -2.40. The molecule has 0 amide bonds. The zero-order valence-electron chi connectivity index (χ0n) is 11.1. The summed E-state index contributed by atoms with van der Waals surface area (Å²) in [6, 6.07) is 6.19. The van der Waals surface area contributed by atoms with Crippen molar-refractivity contribution in [2.75, 3.05) is 6.61 Å². The Kier molecular flexibility index (Phi) is 3.58. The Morgan fingerprint density at radius 1 is 1.18 bits per heavy atom. The highest BCUT2D eigenvalue weighted by molar-refractivity contribution is 6.30. The fraction of sp³-hybridized carbons (Fsp3) is 0.0625. The Labute approximate surface area is 129 Å². The van der Waals surface area contributed by atoms with E-state index in [4.69, 9.17) is 21.4 Å². The maximum Gasteiger partial charge on any atom is 0.335 e. The van der Waals surface area contributed by atoms with Gasteiger partial charge in [0.1, 0.15) is 24.0 Å². The molecule has 1 heterocycles. The number of fused-ring (bicyclic) bond motifs is 1. The van der Waals surface area contributed by atoms with E-state index in [9.17, 15) is 13.6 Å². The van der Waals surface area contributed by atoms with E-state index in [-0.39, 0.29) is 28.3 Å². The quantitative estimate of drug-likeness (QED) is 0.904. The van der Waals surface area contributed by atoms with Crippen molar-refractivity contribution in [1.82, 2.24) is 0 Å². The van der Waals surface area contributed by atoms with Gasteiger partial charge in [0.15, 0.2) is 0 Å². The van der Waals surface area contributed by atoms with E-state index in [1.54, 1.807) is 0 Å². The summed E-state index contributed by atoms with van der Waals surface area (Å²) < 4.78 is 33.6. The first-order chi connectivity index (χ1) is 10.5. The van der Waals surface area contributed by atoms with Crippen LogP contribution in [-0.2, 0) is 0 Å².